The third-order valence-electron chi connectivity index (χ3n) is 2.35. The van der Waals surface area contributed by atoms with E-state index in [4.69, 9.17) is 0 Å². The summed E-state index contributed by atoms with van der Waals surface area (Å²) in [7, 11) is 1.50. The lowest BCUT2D eigenvalue weighted by Crippen LogP contribution is -2.14. The Morgan fingerprint density at radius 1 is 1.20 bits per heavy atom. The quantitative estimate of drug-likeness (QED) is 0.909. The van der Waals surface area contributed by atoms with E-state index in [9.17, 15) is 13.2 Å². The molecule has 2 rings (SSSR count). The van der Waals surface area contributed by atoms with E-state index in [2.05, 4.69) is 25.6 Å². The molecule has 2 aromatic rings. The molecule has 0 amide bonds. The van der Waals surface area contributed by atoms with Gasteiger partial charge in [-0.1, -0.05) is 0 Å². The van der Waals surface area contributed by atoms with E-state index < -0.39 is 12.0 Å². The maximum atomic E-state index is 12.7. The summed E-state index contributed by atoms with van der Waals surface area (Å²) >= 11 is 1.48. The predicted octanol–water partition coefficient (Wildman–Crippen LogP) is 2.91. The van der Waals surface area contributed by atoms with Gasteiger partial charge in [0.15, 0.2) is 0 Å². The Morgan fingerprint density at radius 2 is 1.90 bits per heavy atom. The fourth-order valence-corrected chi connectivity index (χ4v) is 2.08. The molecule has 5 nitrogen and oxygen atoms in total. The van der Waals surface area contributed by atoms with Gasteiger partial charge in [-0.3, -0.25) is 0 Å². The van der Waals surface area contributed by atoms with Crippen molar-refractivity contribution in [3.63, 3.8) is 0 Å². The lowest BCUT2D eigenvalue weighted by Gasteiger charge is -2.10. The number of hydrogen-bond donors (Lipinski definition) is 2. The van der Waals surface area contributed by atoms with Crippen molar-refractivity contribution < 1.29 is 13.2 Å². The zero-order valence-electron chi connectivity index (χ0n) is 10.7. The number of nitrogens with one attached hydrogen (secondary N) is 2. The van der Waals surface area contributed by atoms with Crippen molar-refractivity contribution in [2.75, 3.05) is 17.7 Å². The monoisotopic (exact) mass is 303 g/mol. The smallest absolute Gasteiger partial charge is 0.373 e. The number of halogens is 3. The Kier molecular flexibility index (Phi) is 4.07. The second kappa shape index (κ2) is 5.61. The SMILES string of the molecule is CNc1cc(NCc2csc(C)n2)nc(C(F)(F)F)n1. The molecule has 0 atom stereocenters. The van der Waals surface area contributed by atoms with Crippen LogP contribution in [0.15, 0.2) is 11.4 Å². The second-order valence-electron chi connectivity index (χ2n) is 3.92. The Balaban J connectivity index is 2.18. The van der Waals surface area contributed by atoms with Crippen LogP contribution in [-0.2, 0) is 12.7 Å². The van der Waals surface area contributed by atoms with Gasteiger partial charge in [-0.15, -0.1) is 11.3 Å². The van der Waals surface area contributed by atoms with Gasteiger partial charge in [0.1, 0.15) is 11.6 Å². The number of thiazole rings is 1. The van der Waals surface area contributed by atoms with Gasteiger partial charge in [0.25, 0.3) is 0 Å². The minimum Gasteiger partial charge on any atom is -0.373 e. The Bertz CT molecular complexity index is 596. The Labute approximate surface area is 117 Å². The highest BCUT2D eigenvalue weighted by molar-refractivity contribution is 7.09. The van der Waals surface area contributed by atoms with Crippen LogP contribution in [0.5, 0.6) is 0 Å². The molecule has 2 N–H and O–H groups in total. The van der Waals surface area contributed by atoms with Gasteiger partial charge in [-0.2, -0.15) is 13.2 Å². The van der Waals surface area contributed by atoms with Crippen molar-refractivity contribution in [1.82, 2.24) is 15.0 Å². The van der Waals surface area contributed by atoms with Gasteiger partial charge in [-0.05, 0) is 6.92 Å². The number of aryl methyl sites for hydroxylation is 1. The maximum absolute atomic E-state index is 12.7. The summed E-state index contributed by atoms with van der Waals surface area (Å²) in [6.07, 6.45) is -4.58. The molecule has 108 valence electrons. The number of aromatic nitrogens is 3. The largest absolute Gasteiger partial charge is 0.451 e. The number of rotatable bonds is 4. The van der Waals surface area contributed by atoms with Crippen LogP contribution in [0.4, 0.5) is 24.8 Å². The lowest BCUT2D eigenvalue weighted by atomic mass is 10.4. The molecule has 0 aliphatic carbocycles. The third kappa shape index (κ3) is 3.56. The predicted molar refractivity (Wildman–Crippen MR) is 70.8 cm³/mol. The van der Waals surface area contributed by atoms with Crippen LogP contribution >= 0.6 is 11.3 Å². The molecule has 0 saturated heterocycles. The molecule has 0 spiro atoms. The zero-order chi connectivity index (χ0) is 14.8. The van der Waals surface area contributed by atoms with E-state index in [1.165, 1.54) is 24.5 Å². The van der Waals surface area contributed by atoms with Crippen LogP contribution in [0, 0.1) is 6.92 Å². The number of alkyl halides is 3. The second-order valence-corrected chi connectivity index (χ2v) is 4.98. The fraction of sp³-hybridized carbons (Fsp3) is 0.364. The minimum atomic E-state index is -4.58. The van der Waals surface area contributed by atoms with Gasteiger partial charge in [0.05, 0.1) is 17.2 Å². The van der Waals surface area contributed by atoms with Crippen molar-refractivity contribution in [2.24, 2.45) is 0 Å². The van der Waals surface area contributed by atoms with Gasteiger partial charge >= 0.3 is 6.18 Å². The van der Waals surface area contributed by atoms with Gasteiger partial charge < -0.3 is 10.6 Å². The number of anilines is 2. The summed E-state index contributed by atoms with van der Waals surface area (Å²) in [6, 6.07) is 1.41. The first-order valence-electron chi connectivity index (χ1n) is 5.67. The molecule has 0 saturated carbocycles. The molecule has 0 aliphatic heterocycles. The van der Waals surface area contributed by atoms with Gasteiger partial charge in [-0.25, -0.2) is 15.0 Å². The van der Waals surface area contributed by atoms with E-state index >= 15 is 0 Å². The van der Waals surface area contributed by atoms with Gasteiger partial charge in [0.2, 0.25) is 5.82 Å². The maximum Gasteiger partial charge on any atom is 0.451 e. The topological polar surface area (TPSA) is 62.7 Å². The lowest BCUT2D eigenvalue weighted by molar-refractivity contribution is -0.144. The summed E-state index contributed by atoms with van der Waals surface area (Å²) < 4.78 is 38.0. The minimum absolute atomic E-state index is 0.0994. The molecule has 0 radical (unpaired) electrons. The fourth-order valence-electron chi connectivity index (χ4n) is 1.46. The van der Waals surface area contributed by atoms with Gasteiger partial charge in [0, 0.05) is 18.5 Å². The van der Waals surface area contributed by atoms with Crippen LogP contribution in [0.25, 0.3) is 0 Å². The molecule has 20 heavy (non-hydrogen) atoms. The van der Waals surface area contributed by atoms with E-state index in [0.717, 1.165) is 10.7 Å². The summed E-state index contributed by atoms with van der Waals surface area (Å²) in [5.41, 5.74) is 0.755. The molecule has 0 aliphatic rings. The van der Waals surface area contributed by atoms with Crippen LogP contribution in [0.1, 0.15) is 16.5 Å². The molecule has 0 bridgehead atoms. The van der Waals surface area contributed by atoms with Crippen molar-refractivity contribution in [1.29, 1.82) is 0 Å². The van der Waals surface area contributed by atoms with Crippen LogP contribution in [0.3, 0.4) is 0 Å². The average molecular weight is 303 g/mol. The highest BCUT2D eigenvalue weighted by Crippen LogP contribution is 2.28. The first-order valence-corrected chi connectivity index (χ1v) is 6.55. The molecule has 2 aromatic heterocycles. The van der Waals surface area contributed by atoms with E-state index in [0.29, 0.717) is 6.54 Å². The van der Waals surface area contributed by atoms with Crippen LogP contribution < -0.4 is 10.6 Å². The van der Waals surface area contributed by atoms with E-state index in [1.54, 1.807) is 0 Å². The molecule has 9 heteroatoms. The van der Waals surface area contributed by atoms with E-state index in [1.807, 2.05) is 12.3 Å². The summed E-state index contributed by atoms with van der Waals surface area (Å²) in [4.78, 5) is 11.1. The van der Waals surface area contributed by atoms with Crippen molar-refractivity contribution >= 4 is 23.0 Å². The Morgan fingerprint density at radius 3 is 2.45 bits per heavy atom. The standard InChI is InChI=1S/C11H12F3N5S/c1-6-17-7(5-20-6)4-16-9-3-8(15-2)18-10(19-9)11(12,13)14/h3,5H,4H2,1-2H3,(H2,15,16,18,19). The molecular formula is C11H12F3N5S. The van der Waals surface area contributed by atoms with Crippen LogP contribution in [-0.4, -0.2) is 22.0 Å². The molecule has 0 aromatic carbocycles. The van der Waals surface area contributed by atoms with E-state index in [-0.39, 0.29) is 11.6 Å². The molecular weight excluding hydrogens is 291 g/mol. The zero-order valence-corrected chi connectivity index (χ0v) is 11.6. The van der Waals surface area contributed by atoms with Crippen molar-refractivity contribution in [3.8, 4) is 0 Å². The third-order valence-corrected chi connectivity index (χ3v) is 3.18. The normalized spacial score (nSPS) is 11.4. The summed E-state index contributed by atoms with van der Waals surface area (Å²) in [6.45, 7) is 2.17. The Hall–Kier alpha value is -1.90. The highest BCUT2D eigenvalue weighted by atomic mass is 32.1. The summed E-state index contributed by atoms with van der Waals surface area (Å²) in [5, 5.41) is 8.13. The van der Waals surface area contributed by atoms with Crippen molar-refractivity contribution in [2.45, 2.75) is 19.6 Å². The van der Waals surface area contributed by atoms with Crippen molar-refractivity contribution in [3.05, 3.63) is 28.0 Å². The molecule has 0 unspecified atom stereocenters. The number of hydrogen-bond acceptors (Lipinski definition) is 6. The first kappa shape index (κ1) is 14.5. The number of nitrogens with zero attached hydrogens (tertiary/aromatic N) is 3. The van der Waals surface area contributed by atoms with Crippen LogP contribution in [0.2, 0.25) is 0 Å². The molecule has 0 fully saturated rings. The molecule has 2 heterocycles. The average Bonchev–Trinajstić information content (AvgIpc) is 2.81. The highest BCUT2D eigenvalue weighted by Gasteiger charge is 2.35. The first-order chi connectivity index (χ1) is 9.38. The summed E-state index contributed by atoms with van der Waals surface area (Å²) in [5.74, 6) is -0.979.